The first kappa shape index (κ1) is 25.0. The Morgan fingerprint density at radius 1 is 1.29 bits per heavy atom. The number of piperidine rings is 1. The lowest BCUT2D eigenvalue weighted by atomic mass is 9.93. The first-order valence-electron chi connectivity index (χ1n) is 9.65. The van der Waals surface area contributed by atoms with Gasteiger partial charge in [0, 0.05) is 19.2 Å². The molecule has 162 valence electrons. The molecule has 2 rings (SSSR count). The molecule has 1 fully saturated rings. The third kappa shape index (κ3) is 9.44. The maximum atomic E-state index is 12.4. The van der Waals surface area contributed by atoms with Crippen LogP contribution in [0.4, 0.5) is 13.2 Å². The molecule has 0 atom stereocenters. The lowest BCUT2D eigenvalue weighted by Crippen LogP contribution is -2.41. The summed E-state index contributed by atoms with van der Waals surface area (Å²) in [6, 6.07) is 1.90. The number of nitrogens with one attached hydrogen (secondary N) is 2. The van der Waals surface area contributed by atoms with Crippen LogP contribution in [0.2, 0.25) is 0 Å². The zero-order valence-corrected chi connectivity index (χ0v) is 18.8. The average molecular weight is 517 g/mol. The van der Waals surface area contributed by atoms with Gasteiger partial charge in [0.15, 0.2) is 11.7 Å². The van der Waals surface area contributed by atoms with Crippen LogP contribution in [0.3, 0.4) is 0 Å². The first-order valence-corrected chi connectivity index (χ1v) is 9.65. The Hall–Kier alpha value is -1.04. The van der Waals surface area contributed by atoms with Crippen molar-refractivity contribution in [3.8, 4) is 0 Å². The van der Waals surface area contributed by atoms with Crippen LogP contribution in [0.5, 0.6) is 0 Å². The van der Waals surface area contributed by atoms with Crippen molar-refractivity contribution in [3.63, 3.8) is 0 Å². The van der Waals surface area contributed by atoms with Gasteiger partial charge in [0.1, 0.15) is 6.54 Å². The number of aliphatic imine (C=N–C) groups is 1. The molecular weight excluding hydrogens is 486 g/mol. The maximum Gasteiger partial charge on any atom is 0.401 e. The molecule has 0 radical (unpaired) electrons. The predicted octanol–water partition coefficient (Wildman–Crippen LogP) is 3.57. The Bertz CT molecular complexity index is 586. The quantitative estimate of drug-likeness (QED) is 0.314. The van der Waals surface area contributed by atoms with E-state index >= 15 is 0 Å². The molecule has 0 saturated carbocycles. The highest BCUT2D eigenvalue weighted by Gasteiger charge is 2.32. The van der Waals surface area contributed by atoms with Gasteiger partial charge in [0.2, 0.25) is 0 Å². The minimum atomic E-state index is -4.10. The van der Waals surface area contributed by atoms with Crippen LogP contribution < -0.4 is 10.6 Å². The summed E-state index contributed by atoms with van der Waals surface area (Å²) >= 11 is 0. The monoisotopic (exact) mass is 517 g/mol. The molecule has 0 spiro atoms. The molecule has 1 saturated heterocycles. The molecule has 0 bridgehead atoms. The fourth-order valence-electron chi connectivity index (χ4n) is 3.18. The first-order chi connectivity index (χ1) is 12.9. The normalized spacial score (nSPS) is 16.7. The van der Waals surface area contributed by atoms with E-state index in [2.05, 4.69) is 20.8 Å². The molecule has 1 aromatic heterocycles. The van der Waals surface area contributed by atoms with Gasteiger partial charge >= 0.3 is 6.18 Å². The second-order valence-electron chi connectivity index (χ2n) is 6.88. The van der Waals surface area contributed by atoms with Crippen molar-refractivity contribution in [2.75, 3.05) is 32.7 Å². The summed E-state index contributed by atoms with van der Waals surface area (Å²) in [6.07, 6.45) is -0.737. The van der Waals surface area contributed by atoms with Gasteiger partial charge in [-0.15, -0.1) is 24.0 Å². The Labute approximate surface area is 181 Å². The smallest absolute Gasteiger partial charge is 0.359 e. The number of halogens is 4. The zero-order valence-electron chi connectivity index (χ0n) is 16.5. The van der Waals surface area contributed by atoms with Crippen molar-refractivity contribution in [3.05, 3.63) is 17.5 Å². The van der Waals surface area contributed by atoms with Gasteiger partial charge in [-0.1, -0.05) is 12.1 Å². The summed E-state index contributed by atoms with van der Waals surface area (Å²) in [7, 11) is 0. The van der Waals surface area contributed by atoms with E-state index < -0.39 is 12.7 Å². The summed E-state index contributed by atoms with van der Waals surface area (Å²) in [4.78, 5) is 5.99. The van der Waals surface area contributed by atoms with Crippen molar-refractivity contribution < 1.29 is 17.7 Å². The van der Waals surface area contributed by atoms with E-state index in [1.165, 1.54) is 4.90 Å². The van der Waals surface area contributed by atoms with Crippen LogP contribution in [0.15, 0.2) is 15.6 Å². The molecule has 0 aliphatic carbocycles. The Balaban J connectivity index is 0.00000392. The molecule has 2 heterocycles. The summed E-state index contributed by atoms with van der Waals surface area (Å²) in [5.74, 6) is 1.88. The van der Waals surface area contributed by atoms with Gasteiger partial charge in [0.25, 0.3) is 0 Å². The number of aromatic nitrogens is 1. The van der Waals surface area contributed by atoms with E-state index in [4.69, 9.17) is 4.52 Å². The number of nitrogens with zero attached hydrogens (tertiary/aromatic N) is 3. The SMILES string of the molecule is CCNC(=NCc1cc(CC)no1)NCCC1CCN(CC(F)(F)F)CC1.I. The number of aryl methyl sites for hydroxylation is 1. The Kier molecular flexibility index (Phi) is 11.2. The van der Waals surface area contributed by atoms with E-state index in [0.29, 0.717) is 31.5 Å². The van der Waals surface area contributed by atoms with Crippen LogP contribution in [-0.4, -0.2) is 54.9 Å². The molecule has 6 nitrogen and oxygen atoms in total. The van der Waals surface area contributed by atoms with E-state index in [1.54, 1.807) is 0 Å². The van der Waals surface area contributed by atoms with Crippen molar-refractivity contribution in [2.24, 2.45) is 10.9 Å². The molecule has 0 aromatic carbocycles. The van der Waals surface area contributed by atoms with E-state index in [1.807, 2.05) is 19.9 Å². The third-order valence-electron chi connectivity index (χ3n) is 4.66. The molecule has 0 amide bonds. The number of rotatable bonds is 8. The van der Waals surface area contributed by atoms with Crippen LogP contribution in [0.25, 0.3) is 0 Å². The lowest BCUT2D eigenvalue weighted by Gasteiger charge is -2.32. The predicted molar refractivity (Wildman–Crippen MR) is 114 cm³/mol. The van der Waals surface area contributed by atoms with Crippen LogP contribution in [0, 0.1) is 5.92 Å². The zero-order chi connectivity index (χ0) is 19.7. The van der Waals surface area contributed by atoms with Crippen molar-refractivity contribution >= 4 is 29.9 Å². The van der Waals surface area contributed by atoms with E-state index in [-0.39, 0.29) is 24.0 Å². The molecule has 28 heavy (non-hydrogen) atoms. The van der Waals surface area contributed by atoms with Crippen molar-refractivity contribution in [2.45, 2.75) is 52.3 Å². The molecule has 2 N–H and O–H groups in total. The van der Waals surface area contributed by atoms with Gasteiger partial charge in [-0.05, 0) is 51.6 Å². The highest BCUT2D eigenvalue weighted by Crippen LogP contribution is 2.23. The summed E-state index contributed by atoms with van der Waals surface area (Å²) < 4.78 is 42.5. The Morgan fingerprint density at radius 2 is 2.00 bits per heavy atom. The minimum absolute atomic E-state index is 0. The van der Waals surface area contributed by atoms with Crippen LogP contribution in [-0.2, 0) is 13.0 Å². The molecule has 1 aliphatic heterocycles. The summed E-state index contributed by atoms with van der Waals surface area (Å²) in [5, 5.41) is 10.4. The van der Waals surface area contributed by atoms with Crippen molar-refractivity contribution in [1.82, 2.24) is 20.7 Å². The largest absolute Gasteiger partial charge is 0.401 e. The molecular formula is C18H31F3IN5O. The molecule has 1 aliphatic rings. The number of hydrogen-bond acceptors (Lipinski definition) is 4. The number of guanidine groups is 1. The maximum absolute atomic E-state index is 12.4. The second-order valence-corrected chi connectivity index (χ2v) is 6.88. The van der Waals surface area contributed by atoms with Gasteiger partial charge in [0.05, 0.1) is 12.2 Å². The summed E-state index contributed by atoms with van der Waals surface area (Å²) in [5.41, 5.74) is 0.912. The summed E-state index contributed by atoms with van der Waals surface area (Å²) in [6.45, 7) is 6.16. The van der Waals surface area contributed by atoms with Gasteiger partial charge in [-0.25, -0.2) is 4.99 Å². The highest BCUT2D eigenvalue weighted by molar-refractivity contribution is 14.0. The standard InChI is InChI=1S/C18H30F3N5O.HI/c1-3-15-11-16(27-25-15)12-24-17(22-4-2)23-8-5-14-6-9-26(10-7-14)13-18(19,20)21;/h11,14H,3-10,12-13H2,1-2H3,(H2,22,23,24);1H. The number of likely N-dealkylation sites (tertiary alicyclic amines) is 1. The average Bonchev–Trinajstić information content (AvgIpc) is 3.08. The topological polar surface area (TPSA) is 65.7 Å². The lowest BCUT2D eigenvalue weighted by molar-refractivity contribution is -0.148. The molecule has 0 unspecified atom stereocenters. The van der Waals surface area contributed by atoms with Crippen LogP contribution >= 0.6 is 24.0 Å². The van der Waals surface area contributed by atoms with E-state index in [0.717, 1.165) is 50.2 Å². The Morgan fingerprint density at radius 3 is 2.57 bits per heavy atom. The van der Waals surface area contributed by atoms with Crippen LogP contribution in [0.1, 0.15) is 44.6 Å². The molecule has 10 heteroatoms. The molecule has 1 aromatic rings. The number of hydrogen-bond donors (Lipinski definition) is 2. The third-order valence-corrected chi connectivity index (χ3v) is 4.66. The fourth-order valence-corrected chi connectivity index (χ4v) is 3.18. The van der Waals surface area contributed by atoms with Gasteiger partial charge in [-0.3, -0.25) is 4.90 Å². The number of alkyl halides is 3. The van der Waals surface area contributed by atoms with Gasteiger partial charge in [-0.2, -0.15) is 13.2 Å². The second kappa shape index (κ2) is 12.5. The minimum Gasteiger partial charge on any atom is -0.359 e. The van der Waals surface area contributed by atoms with Gasteiger partial charge < -0.3 is 15.2 Å². The van der Waals surface area contributed by atoms with Crippen molar-refractivity contribution in [1.29, 1.82) is 0 Å². The fraction of sp³-hybridized carbons (Fsp3) is 0.778. The van der Waals surface area contributed by atoms with E-state index in [9.17, 15) is 13.2 Å². The highest BCUT2D eigenvalue weighted by atomic mass is 127.